The van der Waals surface area contributed by atoms with E-state index in [1.54, 1.807) is 6.26 Å². The first-order valence-corrected chi connectivity index (χ1v) is 6.71. The van der Waals surface area contributed by atoms with Crippen LogP contribution in [0.15, 0.2) is 0 Å². The molecular formula is C9H16N2O2S. The van der Waals surface area contributed by atoms with E-state index in [-0.39, 0.29) is 11.4 Å². The molecule has 0 aromatic rings. The Balaban J connectivity index is 1.77. The molecule has 5 heteroatoms. The molecule has 1 aliphatic heterocycles. The number of nitrogens with one attached hydrogen (secondary N) is 1. The maximum Gasteiger partial charge on any atom is 0.243 e. The van der Waals surface area contributed by atoms with E-state index < -0.39 is 10.8 Å². The van der Waals surface area contributed by atoms with Gasteiger partial charge in [-0.15, -0.1) is 0 Å². The molecule has 0 aromatic heterocycles. The number of nitrogens with zero attached hydrogens (tertiary/aromatic N) is 1. The van der Waals surface area contributed by atoms with Gasteiger partial charge in [0, 0.05) is 29.4 Å². The molecule has 1 N–H and O–H groups in total. The molecule has 14 heavy (non-hydrogen) atoms. The molecule has 0 bridgehead atoms. The lowest BCUT2D eigenvalue weighted by atomic mass is 10.3. The molecule has 2 aliphatic rings. The van der Waals surface area contributed by atoms with Crippen LogP contribution in [0.25, 0.3) is 0 Å². The molecular weight excluding hydrogens is 200 g/mol. The van der Waals surface area contributed by atoms with E-state index in [9.17, 15) is 9.00 Å². The lowest BCUT2D eigenvalue weighted by molar-refractivity contribution is -0.129. The van der Waals surface area contributed by atoms with Crippen molar-refractivity contribution in [2.24, 2.45) is 0 Å². The fourth-order valence-electron chi connectivity index (χ4n) is 1.85. The number of hydrogen-bond donors (Lipinski definition) is 1. The van der Waals surface area contributed by atoms with Crippen LogP contribution in [0.4, 0.5) is 0 Å². The lowest BCUT2D eigenvalue weighted by Gasteiger charge is -2.14. The molecule has 1 spiro atoms. The van der Waals surface area contributed by atoms with Crippen LogP contribution in [0.1, 0.15) is 19.3 Å². The topological polar surface area (TPSA) is 49.4 Å². The van der Waals surface area contributed by atoms with E-state index in [2.05, 4.69) is 5.32 Å². The maximum absolute atomic E-state index is 11.8. The van der Waals surface area contributed by atoms with Crippen LogP contribution < -0.4 is 5.32 Å². The highest BCUT2D eigenvalue weighted by atomic mass is 32.2. The number of carbonyl (C=O) groups is 1. The summed E-state index contributed by atoms with van der Waals surface area (Å²) in [6.07, 6.45) is 4.52. The summed E-state index contributed by atoms with van der Waals surface area (Å²) in [6.45, 7) is 1.42. The van der Waals surface area contributed by atoms with Crippen LogP contribution in [0.2, 0.25) is 0 Å². The third-order valence-corrected chi connectivity index (χ3v) is 3.78. The number of carbonyl (C=O) groups excluding carboxylic acids is 1. The molecule has 1 saturated carbocycles. The van der Waals surface area contributed by atoms with Gasteiger partial charge in [-0.1, -0.05) is 0 Å². The third-order valence-electron chi connectivity index (χ3n) is 2.91. The monoisotopic (exact) mass is 216 g/mol. The van der Waals surface area contributed by atoms with E-state index in [1.165, 1.54) is 0 Å². The van der Waals surface area contributed by atoms with E-state index in [4.69, 9.17) is 0 Å². The zero-order valence-corrected chi connectivity index (χ0v) is 9.23. The first-order valence-electron chi connectivity index (χ1n) is 4.98. The Morgan fingerprint density at radius 3 is 2.79 bits per heavy atom. The Morgan fingerprint density at radius 1 is 1.57 bits per heavy atom. The molecule has 4 nitrogen and oxygen atoms in total. The zero-order chi connectivity index (χ0) is 10.2. The second-order valence-corrected chi connectivity index (χ2v) is 5.67. The van der Waals surface area contributed by atoms with Crippen molar-refractivity contribution >= 4 is 16.7 Å². The molecule has 80 valence electrons. The quantitative estimate of drug-likeness (QED) is 0.700. The Labute approximate surface area is 86.5 Å². The fraction of sp³-hybridized carbons (Fsp3) is 0.889. The third kappa shape index (κ3) is 1.83. The van der Waals surface area contributed by atoms with Crippen molar-refractivity contribution in [2.45, 2.75) is 24.8 Å². The first kappa shape index (κ1) is 10.1. The van der Waals surface area contributed by atoms with Crippen molar-refractivity contribution in [3.05, 3.63) is 0 Å². The largest absolute Gasteiger partial charge is 0.328 e. The van der Waals surface area contributed by atoms with Gasteiger partial charge >= 0.3 is 0 Å². The molecule has 2 rings (SSSR count). The van der Waals surface area contributed by atoms with Gasteiger partial charge in [-0.2, -0.15) is 0 Å². The van der Waals surface area contributed by atoms with E-state index in [0.717, 1.165) is 25.8 Å². The van der Waals surface area contributed by atoms with Gasteiger partial charge in [0.05, 0.1) is 12.2 Å². The normalized spacial score (nSPS) is 25.8. The van der Waals surface area contributed by atoms with Gasteiger partial charge in [0.1, 0.15) is 0 Å². The SMILES string of the molecule is CS(=O)CCCN1CNC2(CC2)C1=O. The lowest BCUT2D eigenvalue weighted by Crippen LogP contribution is -2.33. The van der Waals surface area contributed by atoms with Gasteiger partial charge in [-0.3, -0.25) is 14.3 Å². The molecule has 1 amide bonds. The zero-order valence-electron chi connectivity index (χ0n) is 8.41. The number of amides is 1. The van der Waals surface area contributed by atoms with Crippen LogP contribution in [0, 0.1) is 0 Å². The second kappa shape index (κ2) is 3.62. The minimum Gasteiger partial charge on any atom is -0.328 e. The van der Waals surface area contributed by atoms with Gasteiger partial charge < -0.3 is 4.90 Å². The average Bonchev–Trinajstić information content (AvgIpc) is 2.84. The van der Waals surface area contributed by atoms with Crippen LogP contribution in [0.5, 0.6) is 0 Å². The molecule has 1 atom stereocenters. The Hall–Kier alpha value is -0.420. The second-order valence-electron chi connectivity index (χ2n) is 4.12. The smallest absolute Gasteiger partial charge is 0.243 e. The molecule has 2 fully saturated rings. The summed E-state index contributed by atoms with van der Waals surface area (Å²) in [4.78, 5) is 13.6. The minimum atomic E-state index is -0.739. The summed E-state index contributed by atoms with van der Waals surface area (Å²) in [7, 11) is -0.739. The minimum absolute atomic E-state index is 0.175. The number of hydrogen-bond acceptors (Lipinski definition) is 3. The highest BCUT2D eigenvalue weighted by molar-refractivity contribution is 7.84. The predicted molar refractivity (Wildman–Crippen MR) is 55.2 cm³/mol. The van der Waals surface area contributed by atoms with Gasteiger partial charge in [-0.25, -0.2) is 0 Å². The predicted octanol–water partition coefficient (Wildman–Crippen LogP) is -0.323. The van der Waals surface area contributed by atoms with Gasteiger partial charge in [0.25, 0.3) is 0 Å². The molecule has 0 radical (unpaired) electrons. The highest BCUT2D eigenvalue weighted by Gasteiger charge is 2.55. The Morgan fingerprint density at radius 2 is 2.29 bits per heavy atom. The molecule has 1 heterocycles. The standard InChI is InChI=1S/C9H16N2O2S/c1-14(13)6-2-5-11-7-10-9(3-4-9)8(11)12/h10H,2-7H2,1H3. The van der Waals surface area contributed by atoms with E-state index in [1.807, 2.05) is 4.90 Å². The van der Waals surface area contributed by atoms with Gasteiger partial charge in [0.15, 0.2) is 0 Å². The Bertz CT molecular complexity index is 276. The summed E-state index contributed by atoms with van der Waals surface area (Å²) >= 11 is 0. The summed E-state index contributed by atoms with van der Waals surface area (Å²) in [6, 6.07) is 0. The van der Waals surface area contributed by atoms with E-state index >= 15 is 0 Å². The van der Waals surface area contributed by atoms with Crippen LogP contribution in [-0.2, 0) is 15.6 Å². The first-order chi connectivity index (χ1) is 6.64. The molecule has 1 saturated heterocycles. The number of rotatable bonds is 4. The summed E-state index contributed by atoms with van der Waals surface area (Å²) in [5.74, 6) is 0.941. The van der Waals surface area contributed by atoms with E-state index in [0.29, 0.717) is 12.4 Å². The van der Waals surface area contributed by atoms with Crippen LogP contribution in [0.3, 0.4) is 0 Å². The summed E-state index contributed by atoms with van der Waals surface area (Å²) in [5.41, 5.74) is -0.175. The summed E-state index contributed by atoms with van der Waals surface area (Å²) < 4.78 is 10.8. The fourth-order valence-corrected chi connectivity index (χ4v) is 2.39. The van der Waals surface area contributed by atoms with Gasteiger partial charge in [0.2, 0.25) is 5.91 Å². The van der Waals surface area contributed by atoms with Crippen LogP contribution in [-0.4, -0.2) is 45.8 Å². The van der Waals surface area contributed by atoms with Crippen molar-refractivity contribution < 1.29 is 9.00 Å². The highest BCUT2D eigenvalue weighted by Crippen LogP contribution is 2.39. The average molecular weight is 216 g/mol. The molecule has 1 unspecified atom stereocenters. The molecule has 1 aliphatic carbocycles. The van der Waals surface area contributed by atoms with Crippen LogP contribution >= 0.6 is 0 Å². The maximum atomic E-state index is 11.8. The van der Waals surface area contributed by atoms with Crippen molar-refractivity contribution in [2.75, 3.05) is 25.2 Å². The van der Waals surface area contributed by atoms with Crippen molar-refractivity contribution in [1.82, 2.24) is 10.2 Å². The van der Waals surface area contributed by atoms with Gasteiger partial charge in [-0.05, 0) is 19.3 Å². The summed E-state index contributed by atoms with van der Waals surface area (Å²) in [5, 5.41) is 3.25. The van der Waals surface area contributed by atoms with Crippen molar-refractivity contribution in [3.8, 4) is 0 Å². The Kier molecular flexibility index (Phi) is 2.62. The van der Waals surface area contributed by atoms with Crippen molar-refractivity contribution in [3.63, 3.8) is 0 Å². The molecule has 0 aromatic carbocycles. The van der Waals surface area contributed by atoms with Crippen molar-refractivity contribution in [1.29, 1.82) is 0 Å².